The van der Waals surface area contributed by atoms with E-state index in [2.05, 4.69) is 5.32 Å². The Labute approximate surface area is 147 Å². The van der Waals surface area contributed by atoms with Gasteiger partial charge in [-0.05, 0) is 30.9 Å². The Morgan fingerprint density at radius 2 is 2.00 bits per heavy atom. The van der Waals surface area contributed by atoms with Crippen LogP contribution in [0.5, 0.6) is 0 Å². The molecule has 1 heterocycles. The van der Waals surface area contributed by atoms with Crippen LogP contribution in [0.3, 0.4) is 0 Å². The van der Waals surface area contributed by atoms with Crippen LogP contribution in [-0.2, 0) is 20.5 Å². The van der Waals surface area contributed by atoms with Crippen LogP contribution < -0.4 is 5.32 Å². The zero-order valence-electron chi connectivity index (χ0n) is 13.9. The van der Waals surface area contributed by atoms with Crippen molar-refractivity contribution in [3.8, 4) is 0 Å². The van der Waals surface area contributed by atoms with E-state index in [1.54, 1.807) is 0 Å². The van der Waals surface area contributed by atoms with Crippen molar-refractivity contribution in [2.24, 2.45) is 5.92 Å². The van der Waals surface area contributed by atoms with Gasteiger partial charge in [0, 0.05) is 13.1 Å². The molecule has 9 heteroatoms. The smallest absolute Gasteiger partial charge is 0.416 e. The van der Waals surface area contributed by atoms with E-state index in [0.717, 1.165) is 11.0 Å². The number of benzene rings is 1. The van der Waals surface area contributed by atoms with Gasteiger partial charge in [-0.2, -0.15) is 13.2 Å². The lowest BCUT2D eigenvalue weighted by molar-refractivity contribution is -0.158. The lowest BCUT2D eigenvalue weighted by Gasteiger charge is -2.18. The summed E-state index contributed by atoms with van der Waals surface area (Å²) in [4.78, 5) is 36.7. The Balaban J connectivity index is 1.63. The maximum atomic E-state index is 13.1. The molecule has 1 aromatic carbocycles. The van der Waals surface area contributed by atoms with Gasteiger partial charge in [0.1, 0.15) is 0 Å². The molecule has 1 saturated heterocycles. The van der Waals surface area contributed by atoms with Gasteiger partial charge >= 0.3 is 18.2 Å². The molecule has 6 nitrogen and oxygen atoms in total. The van der Waals surface area contributed by atoms with Gasteiger partial charge in [-0.15, -0.1) is 0 Å². The van der Waals surface area contributed by atoms with E-state index < -0.39 is 47.6 Å². The number of urea groups is 1. The Bertz CT molecular complexity index is 750. The highest BCUT2D eigenvalue weighted by atomic mass is 19.4. The van der Waals surface area contributed by atoms with E-state index in [-0.39, 0.29) is 18.5 Å². The summed E-state index contributed by atoms with van der Waals surface area (Å²) in [6.45, 7) is 1.85. The molecule has 0 aromatic heterocycles. The van der Waals surface area contributed by atoms with Crippen LogP contribution in [0.25, 0.3) is 0 Å². The quantitative estimate of drug-likeness (QED) is 0.826. The fourth-order valence-electron chi connectivity index (χ4n) is 3.09. The van der Waals surface area contributed by atoms with Crippen molar-refractivity contribution >= 4 is 17.9 Å². The Morgan fingerprint density at radius 3 is 2.62 bits per heavy atom. The summed E-state index contributed by atoms with van der Waals surface area (Å²) >= 11 is 0. The van der Waals surface area contributed by atoms with Crippen LogP contribution in [0, 0.1) is 5.92 Å². The molecule has 3 rings (SSSR count). The third kappa shape index (κ3) is 3.51. The number of alkyl halides is 3. The fourth-order valence-corrected chi connectivity index (χ4v) is 3.09. The van der Waals surface area contributed by atoms with Crippen LogP contribution in [0.4, 0.5) is 18.0 Å². The molecule has 140 valence electrons. The molecule has 1 saturated carbocycles. The highest BCUT2D eigenvalue weighted by Crippen LogP contribution is 2.51. The van der Waals surface area contributed by atoms with Gasteiger partial charge in [0.05, 0.1) is 11.5 Å². The van der Waals surface area contributed by atoms with E-state index in [1.807, 2.05) is 0 Å². The largest absolute Gasteiger partial charge is 0.452 e. The molecule has 1 aliphatic heterocycles. The van der Waals surface area contributed by atoms with Gasteiger partial charge in [-0.3, -0.25) is 14.5 Å². The van der Waals surface area contributed by atoms with E-state index >= 15 is 0 Å². The van der Waals surface area contributed by atoms with Crippen molar-refractivity contribution in [2.45, 2.75) is 31.5 Å². The molecule has 2 fully saturated rings. The van der Waals surface area contributed by atoms with Crippen molar-refractivity contribution in [1.29, 1.82) is 0 Å². The van der Waals surface area contributed by atoms with Crippen LogP contribution in [0.1, 0.15) is 30.4 Å². The van der Waals surface area contributed by atoms with Crippen LogP contribution >= 0.6 is 0 Å². The summed E-state index contributed by atoms with van der Waals surface area (Å²) in [6, 6.07) is 4.56. The highest BCUT2D eigenvalue weighted by molar-refractivity contribution is 5.98. The average Bonchev–Trinajstić information content (AvgIpc) is 3.28. The first-order valence-corrected chi connectivity index (χ1v) is 8.16. The molecule has 3 amide bonds. The van der Waals surface area contributed by atoms with Gasteiger partial charge in [0.25, 0.3) is 5.91 Å². The second-order valence-corrected chi connectivity index (χ2v) is 6.33. The third-order valence-electron chi connectivity index (χ3n) is 4.52. The van der Waals surface area contributed by atoms with Crippen LogP contribution in [-0.4, -0.2) is 42.0 Å². The monoisotopic (exact) mass is 370 g/mol. The van der Waals surface area contributed by atoms with Gasteiger partial charge in [-0.25, -0.2) is 4.79 Å². The molecule has 0 radical (unpaired) electrons. The molecule has 1 aromatic rings. The average molecular weight is 370 g/mol. The van der Waals surface area contributed by atoms with Gasteiger partial charge < -0.3 is 10.1 Å². The Morgan fingerprint density at radius 1 is 1.31 bits per heavy atom. The molecule has 0 unspecified atom stereocenters. The van der Waals surface area contributed by atoms with E-state index in [9.17, 15) is 27.6 Å². The van der Waals surface area contributed by atoms with Crippen molar-refractivity contribution in [2.75, 3.05) is 13.1 Å². The predicted octanol–water partition coefficient (Wildman–Crippen LogP) is 2.29. The maximum Gasteiger partial charge on any atom is 0.416 e. The van der Waals surface area contributed by atoms with E-state index in [1.165, 1.54) is 25.1 Å². The molecule has 3 atom stereocenters. The molecular formula is C17H17F3N2O4. The number of carbonyl (C=O) groups is 3. The number of nitrogens with zero attached hydrogens (tertiary/aromatic N) is 1. The summed E-state index contributed by atoms with van der Waals surface area (Å²) in [7, 11) is 0. The Kier molecular flexibility index (Phi) is 4.64. The summed E-state index contributed by atoms with van der Waals surface area (Å²) in [6.07, 6.45) is -5.44. The number of rotatable bonds is 4. The maximum absolute atomic E-state index is 13.1. The SMILES string of the molecule is C[C@H](OC(=O)[C@H]1C[C@@H]1c1ccccc1C(F)(F)F)C(=O)N1CCNC1=O. The van der Waals surface area contributed by atoms with Gasteiger partial charge in [0.2, 0.25) is 0 Å². The summed E-state index contributed by atoms with van der Waals surface area (Å²) in [5, 5.41) is 2.46. The zero-order valence-corrected chi connectivity index (χ0v) is 13.9. The zero-order chi connectivity index (χ0) is 19.1. The van der Waals surface area contributed by atoms with Crippen molar-refractivity contribution < 1.29 is 32.3 Å². The second-order valence-electron chi connectivity index (χ2n) is 6.33. The number of amides is 3. The molecule has 0 spiro atoms. The minimum absolute atomic E-state index is 0.0554. The second kappa shape index (κ2) is 6.62. The first-order chi connectivity index (χ1) is 12.2. The lowest BCUT2D eigenvalue weighted by atomic mass is 10.0. The topological polar surface area (TPSA) is 75.7 Å². The Hall–Kier alpha value is -2.58. The summed E-state index contributed by atoms with van der Waals surface area (Å²) < 4.78 is 44.3. The van der Waals surface area contributed by atoms with E-state index in [4.69, 9.17) is 4.74 Å². The number of carbonyl (C=O) groups excluding carboxylic acids is 3. The molecular weight excluding hydrogens is 353 g/mol. The number of halogens is 3. The van der Waals surface area contributed by atoms with E-state index in [0.29, 0.717) is 6.54 Å². The minimum Gasteiger partial charge on any atom is -0.452 e. The fraction of sp³-hybridized carbons (Fsp3) is 0.471. The first kappa shape index (κ1) is 18.2. The number of hydrogen-bond donors (Lipinski definition) is 1. The standard InChI is InChI=1S/C17H17F3N2O4/c1-9(14(23)22-7-6-21-16(22)25)26-15(24)12-8-11(12)10-4-2-3-5-13(10)17(18,19)20/h2-5,9,11-12H,6-8H2,1H3,(H,21,25)/t9-,11+,12-/m0/s1. The molecule has 1 N–H and O–H groups in total. The normalized spacial score (nSPS) is 23.4. The minimum atomic E-state index is -4.50. The van der Waals surface area contributed by atoms with Crippen molar-refractivity contribution in [3.63, 3.8) is 0 Å². The third-order valence-corrected chi connectivity index (χ3v) is 4.52. The summed E-state index contributed by atoms with van der Waals surface area (Å²) in [5.41, 5.74) is -0.710. The molecule has 1 aliphatic carbocycles. The van der Waals surface area contributed by atoms with Gasteiger partial charge in [0.15, 0.2) is 6.10 Å². The highest BCUT2D eigenvalue weighted by Gasteiger charge is 2.49. The number of imide groups is 1. The summed E-state index contributed by atoms with van der Waals surface area (Å²) in [5.74, 6) is -2.69. The molecule has 0 bridgehead atoms. The van der Waals surface area contributed by atoms with Gasteiger partial charge in [-0.1, -0.05) is 18.2 Å². The number of hydrogen-bond acceptors (Lipinski definition) is 4. The first-order valence-electron chi connectivity index (χ1n) is 8.16. The number of nitrogens with one attached hydrogen (secondary N) is 1. The lowest BCUT2D eigenvalue weighted by Crippen LogP contribution is -2.42. The van der Waals surface area contributed by atoms with Crippen LogP contribution in [0.2, 0.25) is 0 Å². The van der Waals surface area contributed by atoms with Crippen LogP contribution in [0.15, 0.2) is 24.3 Å². The van der Waals surface area contributed by atoms with Crippen molar-refractivity contribution in [3.05, 3.63) is 35.4 Å². The predicted molar refractivity (Wildman–Crippen MR) is 83.0 cm³/mol. The molecule has 2 aliphatic rings. The van der Waals surface area contributed by atoms with Crippen molar-refractivity contribution in [1.82, 2.24) is 10.2 Å². The number of ether oxygens (including phenoxy) is 1. The number of esters is 1. The molecule has 26 heavy (non-hydrogen) atoms.